The van der Waals surface area contributed by atoms with Crippen molar-refractivity contribution in [2.45, 2.75) is 20.4 Å². The molecule has 1 aromatic heterocycles. The normalized spacial score (nSPS) is 12.4. The van der Waals surface area contributed by atoms with E-state index in [2.05, 4.69) is 20.0 Å². The zero-order valence-corrected chi connectivity index (χ0v) is 8.90. The van der Waals surface area contributed by atoms with Gasteiger partial charge in [0.25, 0.3) is 0 Å². The molecule has 0 saturated heterocycles. The van der Waals surface area contributed by atoms with Gasteiger partial charge >= 0.3 is 5.97 Å². The number of carbonyl (C=O) groups excluding carboxylic acids is 1. The average Bonchev–Trinajstić information content (AvgIpc) is 2.71. The van der Waals surface area contributed by atoms with Crippen molar-refractivity contribution >= 4 is 5.97 Å². The molecule has 0 aliphatic heterocycles. The smallest absolute Gasteiger partial charge is 0.309 e. The number of aromatic nitrogens is 2. The number of hydrogen-bond acceptors (Lipinski definition) is 6. The van der Waals surface area contributed by atoms with Crippen molar-refractivity contribution in [2.75, 3.05) is 13.2 Å². The second-order valence-electron chi connectivity index (χ2n) is 3.13. The number of nitrogens with zero attached hydrogens (tertiary/aromatic N) is 2. The summed E-state index contributed by atoms with van der Waals surface area (Å²) in [6.07, 6.45) is 1.27. The molecule has 0 amide bonds. The van der Waals surface area contributed by atoms with Crippen molar-refractivity contribution in [3.05, 3.63) is 12.2 Å². The van der Waals surface area contributed by atoms with E-state index in [0.717, 1.165) is 0 Å². The molecule has 1 rings (SSSR count). The summed E-state index contributed by atoms with van der Waals surface area (Å²) in [5, 5.41) is 6.67. The van der Waals surface area contributed by atoms with E-state index in [0.29, 0.717) is 25.5 Å². The van der Waals surface area contributed by atoms with E-state index in [1.165, 1.54) is 6.39 Å². The average molecular weight is 213 g/mol. The summed E-state index contributed by atoms with van der Waals surface area (Å²) in [4.78, 5) is 15.1. The second-order valence-corrected chi connectivity index (χ2v) is 3.13. The van der Waals surface area contributed by atoms with E-state index in [4.69, 9.17) is 4.74 Å². The first-order chi connectivity index (χ1) is 7.24. The van der Waals surface area contributed by atoms with Crippen LogP contribution in [0, 0.1) is 5.92 Å². The topological polar surface area (TPSA) is 77.2 Å². The molecule has 0 saturated carbocycles. The fraction of sp³-hybridized carbons (Fsp3) is 0.667. The highest BCUT2D eigenvalue weighted by Crippen LogP contribution is 1.97. The third kappa shape index (κ3) is 4.07. The molecule has 0 aliphatic rings. The highest BCUT2D eigenvalue weighted by molar-refractivity contribution is 5.72. The SMILES string of the molecule is CCOC(=O)C(C)CNCc1ncon1. The highest BCUT2D eigenvalue weighted by atomic mass is 16.5. The Balaban J connectivity index is 2.17. The molecule has 1 heterocycles. The second kappa shape index (κ2) is 6.13. The van der Waals surface area contributed by atoms with Crippen LogP contribution in [-0.2, 0) is 16.1 Å². The van der Waals surface area contributed by atoms with Crippen molar-refractivity contribution in [1.82, 2.24) is 15.5 Å². The van der Waals surface area contributed by atoms with Crippen LogP contribution in [0.1, 0.15) is 19.7 Å². The Bertz CT molecular complexity index is 287. The molecule has 1 N–H and O–H groups in total. The molecule has 0 aliphatic carbocycles. The lowest BCUT2D eigenvalue weighted by molar-refractivity contribution is -0.147. The predicted octanol–water partition coefficient (Wildman–Crippen LogP) is 0.358. The molecule has 84 valence electrons. The number of nitrogens with one attached hydrogen (secondary N) is 1. The molecule has 1 unspecified atom stereocenters. The van der Waals surface area contributed by atoms with E-state index < -0.39 is 0 Å². The fourth-order valence-corrected chi connectivity index (χ4v) is 1.04. The number of esters is 1. The molecule has 1 aromatic rings. The van der Waals surface area contributed by atoms with Crippen LogP contribution in [0.25, 0.3) is 0 Å². The van der Waals surface area contributed by atoms with Gasteiger partial charge in [-0.2, -0.15) is 4.98 Å². The van der Waals surface area contributed by atoms with Crippen LogP contribution in [0.5, 0.6) is 0 Å². The van der Waals surface area contributed by atoms with Gasteiger partial charge in [0.15, 0.2) is 5.82 Å². The van der Waals surface area contributed by atoms with Crippen LogP contribution < -0.4 is 5.32 Å². The van der Waals surface area contributed by atoms with Crippen LogP contribution in [-0.4, -0.2) is 29.3 Å². The first-order valence-electron chi connectivity index (χ1n) is 4.86. The molecule has 1 atom stereocenters. The largest absolute Gasteiger partial charge is 0.466 e. The van der Waals surface area contributed by atoms with Crippen LogP contribution in [0.2, 0.25) is 0 Å². The lowest BCUT2D eigenvalue weighted by atomic mass is 10.2. The van der Waals surface area contributed by atoms with Gasteiger partial charge in [-0.25, -0.2) is 0 Å². The molecule has 0 spiro atoms. The Kier molecular flexibility index (Phi) is 4.76. The molecule has 15 heavy (non-hydrogen) atoms. The van der Waals surface area contributed by atoms with Crippen molar-refractivity contribution in [2.24, 2.45) is 5.92 Å². The molecule has 6 heteroatoms. The Hall–Kier alpha value is -1.43. The standard InChI is InChI=1S/C9H15N3O3/c1-3-14-9(13)7(2)4-10-5-8-11-6-15-12-8/h6-7,10H,3-5H2,1-2H3. The van der Waals surface area contributed by atoms with E-state index in [1.54, 1.807) is 13.8 Å². The highest BCUT2D eigenvalue weighted by Gasteiger charge is 2.13. The van der Waals surface area contributed by atoms with Crippen molar-refractivity contribution in [1.29, 1.82) is 0 Å². The molecule has 0 radical (unpaired) electrons. The monoisotopic (exact) mass is 213 g/mol. The molecule has 0 fully saturated rings. The lowest BCUT2D eigenvalue weighted by Gasteiger charge is -2.10. The minimum atomic E-state index is -0.196. The molecular weight excluding hydrogens is 198 g/mol. The number of ether oxygens (including phenoxy) is 1. The van der Waals surface area contributed by atoms with Gasteiger partial charge in [0.2, 0.25) is 6.39 Å². The zero-order valence-electron chi connectivity index (χ0n) is 8.90. The Morgan fingerprint density at radius 2 is 2.53 bits per heavy atom. The van der Waals surface area contributed by atoms with Gasteiger partial charge in [0.05, 0.1) is 19.1 Å². The van der Waals surface area contributed by atoms with Crippen LogP contribution in [0.15, 0.2) is 10.9 Å². The van der Waals surface area contributed by atoms with Gasteiger partial charge in [-0.1, -0.05) is 12.1 Å². The van der Waals surface area contributed by atoms with E-state index >= 15 is 0 Å². The Morgan fingerprint density at radius 1 is 1.73 bits per heavy atom. The van der Waals surface area contributed by atoms with Gasteiger partial charge in [-0.3, -0.25) is 4.79 Å². The molecule has 0 aromatic carbocycles. The van der Waals surface area contributed by atoms with Gasteiger partial charge in [-0.15, -0.1) is 0 Å². The first-order valence-corrected chi connectivity index (χ1v) is 4.86. The summed E-state index contributed by atoms with van der Waals surface area (Å²) in [7, 11) is 0. The van der Waals surface area contributed by atoms with E-state index in [1.807, 2.05) is 0 Å². The third-order valence-electron chi connectivity index (χ3n) is 1.83. The predicted molar refractivity (Wildman–Crippen MR) is 51.8 cm³/mol. The fourth-order valence-electron chi connectivity index (χ4n) is 1.04. The Morgan fingerprint density at radius 3 is 3.13 bits per heavy atom. The maximum atomic E-state index is 11.2. The third-order valence-corrected chi connectivity index (χ3v) is 1.83. The van der Waals surface area contributed by atoms with Crippen LogP contribution >= 0.6 is 0 Å². The number of hydrogen-bond donors (Lipinski definition) is 1. The lowest BCUT2D eigenvalue weighted by Crippen LogP contribution is -2.27. The zero-order chi connectivity index (χ0) is 11.1. The molecule has 0 bridgehead atoms. The maximum absolute atomic E-state index is 11.2. The maximum Gasteiger partial charge on any atom is 0.309 e. The minimum Gasteiger partial charge on any atom is -0.466 e. The van der Waals surface area contributed by atoms with Gasteiger partial charge in [0.1, 0.15) is 0 Å². The van der Waals surface area contributed by atoms with Crippen molar-refractivity contribution < 1.29 is 14.1 Å². The van der Waals surface area contributed by atoms with E-state index in [-0.39, 0.29) is 11.9 Å². The summed E-state index contributed by atoms with van der Waals surface area (Å²) in [6.45, 7) is 5.03. The first kappa shape index (κ1) is 11.6. The quantitative estimate of drug-likeness (QED) is 0.687. The summed E-state index contributed by atoms with van der Waals surface area (Å²) in [6, 6.07) is 0. The molecule has 6 nitrogen and oxygen atoms in total. The minimum absolute atomic E-state index is 0.170. The van der Waals surface area contributed by atoms with Gasteiger partial charge < -0.3 is 14.6 Å². The van der Waals surface area contributed by atoms with Crippen molar-refractivity contribution in [3.63, 3.8) is 0 Å². The number of rotatable bonds is 6. The van der Waals surface area contributed by atoms with Gasteiger partial charge in [-0.05, 0) is 6.92 Å². The van der Waals surface area contributed by atoms with Crippen LogP contribution in [0.4, 0.5) is 0 Å². The summed E-state index contributed by atoms with van der Waals surface area (Å²) in [5.74, 6) is 0.209. The molecular formula is C9H15N3O3. The Labute approximate surface area is 88.0 Å². The van der Waals surface area contributed by atoms with E-state index in [9.17, 15) is 4.79 Å². The number of carbonyl (C=O) groups is 1. The van der Waals surface area contributed by atoms with Crippen LogP contribution in [0.3, 0.4) is 0 Å². The van der Waals surface area contributed by atoms with Gasteiger partial charge in [0, 0.05) is 6.54 Å². The summed E-state index contributed by atoms with van der Waals surface area (Å²) < 4.78 is 9.43. The summed E-state index contributed by atoms with van der Waals surface area (Å²) >= 11 is 0. The van der Waals surface area contributed by atoms with Crippen molar-refractivity contribution in [3.8, 4) is 0 Å². The summed E-state index contributed by atoms with van der Waals surface area (Å²) in [5.41, 5.74) is 0.